The van der Waals surface area contributed by atoms with Crippen LogP contribution in [0.25, 0.3) is 5.57 Å². The van der Waals surface area contributed by atoms with E-state index in [0.717, 1.165) is 11.3 Å². The van der Waals surface area contributed by atoms with Gasteiger partial charge in [0.15, 0.2) is 0 Å². The van der Waals surface area contributed by atoms with Crippen LogP contribution >= 0.6 is 22.9 Å². The lowest BCUT2D eigenvalue weighted by atomic mass is 9.94. The number of rotatable bonds is 8. The Morgan fingerprint density at radius 1 is 1.33 bits per heavy atom. The number of aliphatic imine (C=N–C) groups is 1. The number of amides is 1. The third kappa shape index (κ3) is 5.19. The van der Waals surface area contributed by atoms with Crippen LogP contribution in [-0.4, -0.2) is 24.3 Å². The van der Waals surface area contributed by atoms with Gasteiger partial charge in [-0.3, -0.25) is 9.79 Å². The molecule has 5 nitrogen and oxygen atoms in total. The number of nitrogens with zero attached hydrogens (tertiary/aromatic N) is 1. The first kappa shape index (κ1) is 24.7. The van der Waals surface area contributed by atoms with E-state index in [4.69, 9.17) is 16.3 Å². The van der Waals surface area contributed by atoms with Crippen LogP contribution in [-0.2, 0) is 5.60 Å². The number of hydrogen-bond donors (Lipinski definition) is 2. The third-order valence-electron chi connectivity index (χ3n) is 5.29. The fourth-order valence-corrected chi connectivity index (χ4v) is 5.13. The van der Waals surface area contributed by atoms with Crippen LogP contribution < -0.4 is 10.1 Å². The van der Waals surface area contributed by atoms with Gasteiger partial charge in [0.05, 0.1) is 28.8 Å². The number of para-hydroxylation sites is 1. The summed E-state index contributed by atoms with van der Waals surface area (Å²) in [5.41, 5.74) is 1.44. The van der Waals surface area contributed by atoms with Crippen molar-refractivity contribution >= 4 is 46.8 Å². The second-order valence-electron chi connectivity index (χ2n) is 8.14. The van der Waals surface area contributed by atoms with E-state index < -0.39 is 5.60 Å². The van der Waals surface area contributed by atoms with Gasteiger partial charge in [0.1, 0.15) is 10.6 Å². The summed E-state index contributed by atoms with van der Waals surface area (Å²) < 4.78 is 5.70. The molecule has 1 aromatic carbocycles. The van der Waals surface area contributed by atoms with Crippen molar-refractivity contribution in [2.24, 2.45) is 4.99 Å². The summed E-state index contributed by atoms with van der Waals surface area (Å²) in [4.78, 5) is 18.6. The Labute approximate surface area is 203 Å². The van der Waals surface area contributed by atoms with E-state index in [0.29, 0.717) is 50.2 Å². The lowest BCUT2D eigenvalue weighted by Gasteiger charge is -2.27. The van der Waals surface area contributed by atoms with E-state index in [9.17, 15) is 9.90 Å². The molecule has 33 heavy (non-hydrogen) atoms. The highest BCUT2D eigenvalue weighted by Gasteiger charge is 2.34. The molecule has 1 atom stereocenters. The molecule has 3 rings (SSSR count). The van der Waals surface area contributed by atoms with Gasteiger partial charge in [-0.25, -0.2) is 0 Å². The monoisotopic (exact) mass is 482 g/mol. The van der Waals surface area contributed by atoms with Gasteiger partial charge in [-0.1, -0.05) is 55.6 Å². The second-order valence-corrected chi connectivity index (χ2v) is 9.60. The van der Waals surface area contributed by atoms with Crippen LogP contribution in [0.3, 0.4) is 0 Å². The normalized spacial score (nSPS) is 15.8. The molecule has 0 saturated heterocycles. The molecule has 0 aliphatic carbocycles. The quantitative estimate of drug-likeness (QED) is 0.336. The van der Waals surface area contributed by atoms with Crippen molar-refractivity contribution in [1.29, 1.82) is 0 Å². The maximum Gasteiger partial charge on any atom is 0.262 e. The first-order valence-electron chi connectivity index (χ1n) is 10.4. The minimum Gasteiger partial charge on any atom is -0.493 e. The second kappa shape index (κ2) is 9.91. The van der Waals surface area contributed by atoms with Crippen molar-refractivity contribution in [2.45, 2.75) is 31.9 Å². The fourth-order valence-electron chi connectivity index (χ4n) is 3.68. The summed E-state index contributed by atoms with van der Waals surface area (Å²) in [7, 11) is 0. The van der Waals surface area contributed by atoms with Crippen LogP contribution in [0.4, 0.5) is 5.69 Å². The molecular weight excluding hydrogens is 456 g/mol. The summed E-state index contributed by atoms with van der Waals surface area (Å²) in [6.45, 7) is 19.2. The van der Waals surface area contributed by atoms with Crippen LogP contribution in [0.2, 0.25) is 0 Å². The summed E-state index contributed by atoms with van der Waals surface area (Å²) in [5.74, 6) is 0.445. The summed E-state index contributed by atoms with van der Waals surface area (Å²) >= 11 is 7.26. The summed E-state index contributed by atoms with van der Waals surface area (Å²) in [6, 6.07) is 7.42. The molecule has 0 bridgehead atoms. The number of aliphatic hydroxyl groups is 1. The molecule has 1 amide bonds. The summed E-state index contributed by atoms with van der Waals surface area (Å²) in [6.07, 6.45) is 3.76. The largest absolute Gasteiger partial charge is 0.493 e. The number of halogens is 1. The minimum atomic E-state index is -1.35. The number of carbonyl (C=O) groups is 1. The Hall–Kier alpha value is -2.93. The highest BCUT2D eigenvalue weighted by molar-refractivity contribution is 7.16. The first-order valence-corrected chi connectivity index (χ1v) is 11.5. The number of benzene rings is 1. The standard InChI is InChI=1S/C26H27ClN2O3S/c1-7-17(27)14-15(2)16(3)23-22(28-6)21(26(4,5)31)24(33-23)25(30)29-19-12-13-32-20-11-9-8-10-18(19)20/h7-11,14,19,31H,1-3,6,12-13H2,4-5H3,(H,29,30)/b17-14+/t19-/m0/s1. The molecule has 0 spiro atoms. The number of fused-ring (bicyclic) bond motifs is 1. The number of ether oxygens (including phenoxy) is 1. The fraction of sp³-hybridized carbons (Fsp3) is 0.231. The van der Waals surface area contributed by atoms with Crippen molar-refractivity contribution in [3.05, 3.63) is 87.6 Å². The topological polar surface area (TPSA) is 70.9 Å². The summed E-state index contributed by atoms with van der Waals surface area (Å²) in [5, 5.41) is 14.4. The van der Waals surface area contributed by atoms with Gasteiger partial charge in [0.25, 0.3) is 5.91 Å². The van der Waals surface area contributed by atoms with E-state index in [2.05, 4.69) is 36.8 Å². The van der Waals surface area contributed by atoms with Crippen molar-refractivity contribution in [3.63, 3.8) is 0 Å². The minimum absolute atomic E-state index is 0.213. The molecule has 172 valence electrons. The molecule has 0 radical (unpaired) electrons. The number of allylic oxidation sites excluding steroid dienone is 5. The first-order chi connectivity index (χ1) is 15.6. The Morgan fingerprint density at radius 2 is 2.03 bits per heavy atom. The van der Waals surface area contributed by atoms with Gasteiger partial charge in [0, 0.05) is 22.6 Å². The Morgan fingerprint density at radius 3 is 2.67 bits per heavy atom. The average Bonchev–Trinajstić information content (AvgIpc) is 3.19. The van der Waals surface area contributed by atoms with Gasteiger partial charge in [-0.05, 0) is 43.9 Å². The van der Waals surface area contributed by atoms with Crippen LogP contribution in [0.15, 0.2) is 71.8 Å². The van der Waals surface area contributed by atoms with Crippen LogP contribution in [0.5, 0.6) is 5.75 Å². The lowest BCUT2D eigenvalue weighted by molar-refractivity contribution is 0.0754. The third-order valence-corrected chi connectivity index (χ3v) is 6.79. The van der Waals surface area contributed by atoms with Crippen LogP contribution in [0.1, 0.15) is 52.0 Å². The molecule has 0 fully saturated rings. The molecular formula is C26H27ClN2O3S. The number of carbonyl (C=O) groups excluding carboxylic acids is 1. The van der Waals surface area contributed by atoms with Crippen molar-refractivity contribution in [1.82, 2.24) is 5.32 Å². The Bertz CT molecular complexity index is 1170. The van der Waals surface area contributed by atoms with E-state index in [1.807, 2.05) is 24.3 Å². The van der Waals surface area contributed by atoms with Gasteiger partial charge in [-0.15, -0.1) is 11.3 Å². The Balaban J connectivity index is 2.04. The molecule has 1 aliphatic heterocycles. The molecule has 0 saturated carbocycles. The number of hydrogen-bond acceptors (Lipinski definition) is 5. The molecule has 1 aliphatic rings. The molecule has 0 unspecified atom stereocenters. The van der Waals surface area contributed by atoms with Crippen LogP contribution in [0, 0.1) is 0 Å². The lowest BCUT2D eigenvalue weighted by Crippen LogP contribution is -2.33. The SMILES string of the molecule is C=C/C(Cl)=C\C(=C)C(=C)c1sc(C(=O)N[C@H]2CCOc3ccccc32)c(C(C)(C)O)c1N=C. The van der Waals surface area contributed by atoms with Gasteiger partial charge in [0.2, 0.25) is 0 Å². The zero-order valence-corrected chi connectivity index (χ0v) is 20.4. The highest BCUT2D eigenvalue weighted by atomic mass is 35.5. The predicted molar refractivity (Wildman–Crippen MR) is 138 cm³/mol. The molecule has 7 heteroatoms. The van der Waals surface area contributed by atoms with Crippen molar-refractivity contribution < 1.29 is 14.6 Å². The van der Waals surface area contributed by atoms with Crippen molar-refractivity contribution in [2.75, 3.05) is 6.61 Å². The van der Waals surface area contributed by atoms with E-state index in [1.165, 1.54) is 17.4 Å². The maximum absolute atomic E-state index is 13.5. The van der Waals surface area contributed by atoms with Gasteiger partial charge < -0.3 is 15.2 Å². The average molecular weight is 483 g/mol. The predicted octanol–water partition coefficient (Wildman–Crippen LogP) is 6.44. The zero-order valence-electron chi connectivity index (χ0n) is 18.8. The van der Waals surface area contributed by atoms with E-state index >= 15 is 0 Å². The van der Waals surface area contributed by atoms with E-state index in [-0.39, 0.29) is 11.9 Å². The van der Waals surface area contributed by atoms with E-state index in [1.54, 1.807) is 19.9 Å². The smallest absolute Gasteiger partial charge is 0.262 e. The number of thiophene rings is 1. The van der Waals surface area contributed by atoms with Gasteiger partial charge >= 0.3 is 0 Å². The molecule has 1 aromatic heterocycles. The molecule has 2 N–H and O–H groups in total. The zero-order chi connectivity index (χ0) is 24.3. The van der Waals surface area contributed by atoms with Crippen molar-refractivity contribution in [3.8, 4) is 5.75 Å². The highest BCUT2D eigenvalue weighted by Crippen LogP contribution is 2.46. The Kier molecular flexibility index (Phi) is 7.42. The molecule has 2 aromatic rings. The van der Waals surface area contributed by atoms with Gasteiger partial charge in [-0.2, -0.15) is 0 Å². The maximum atomic E-state index is 13.5. The molecule has 2 heterocycles. The number of nitrogens with one attached hydrogen (secondary N) is 1.